The van der Waals surface area contributed by atoms with E-state index >= 15 is 0 Å². The van der Waals surface area contributed by atoms with Gasteiger partial charge in [-0.3, -0.25) is 15.1 Å². The van der Waals surface area contributed by atoms with Crippen LogP contribution in [0.25, 0.3) is 0 Å². The smallest absolute Gasteiger partial charge is 0.152 e. The summed E-state index contributed by atoms with van der Waals surface area (Å²) < 4.78 is 0. The third-order valence-corrected chi connectivity index (χ3v) is 3.89. The van der Waals surface area contributed by atoms with Crippen LogP contribution in [0, 0.1) is 5.92 Å². The minimum Gasteiger partial charge on any atom is -0.304 e. The molecule has 2 unspecified atom stereocenters. The number of rotatable bonds is 3. The van der Waals surface area contributed by atoms with Gasteiger partial charge in [0.15, 0.2) is 5.78 Å². The molecule has 5 nitrogen and oxygen atoms in total. The summed E-state index contributed by atoms with van der Waals surface area (Å²) in [5.41, 5.74) is 3.28. The number of nitrogens with one attached hydrogen (secondary N) is 1. The molecule has 0 radical (unpaired) electrons. The Labute approximate surface area is 104 Å². The maximum absolute atomic E-state index is 12.2. The molecule has 0 bridgehead atoms. The van der Waals surface area contributed by atoms with Gasteiger partial charge in [-0.15, -0.1) is 0 Å². The second kappa shape index (κ2) is 5.44. The Morgan fingerprint density at radius 1 is 1.24 bits per heavy atom. The fourth-order valence-electron chi connectivity index (χ4n) is 2.67. The summed E-state index contributed by atoms with van der Waals surface area (Å²) in [5.74, 6) is 0.540. The summed E-state index contributed by atoms with van der Waals surface area (Å²) in [6.07, 6.45) is 0. The second-order valence-electron chi connectivity index (χ2n) is 5.45. The van der Waals surface area contributed by atoms with Crippen LogP contribution >= 0.6 is 0 Å². The molecule has 2 aliphatic rings. The number of carbonyl (C=O) groups is 1. The van der Waals surface area contributed by atoms with Crippen LogP contribution in [0.4, 0.5) is 0 Å². The number of hydrogen-bond acceptors (Lipinski definition) is 5. The molecule has 0 aliphatic carbocycles. The van der Waals surface area contributed by atoms with Gasteiger partial charge in [0.25, 0.3) is 0 Å². The van der Waals surface area contributed by atoms with E-state index in [1.54, 1.807) is 0 Å². The molecule has 2 aliphatic heterocycles. The number of hydrazine groups is 1. The van der Waals surface area contributed by atoms with Crippen molar-refractivity contribution >= 4 is 5.78 Å². The first-order chi connectivity index (χ1) is 8.06. The lowest BCUT2D eigenvalue weighted by Gasteiger charge is -2.32. The Balaban J connectivity index is 1.81. The molecule has 2 atom stereocenters. The highest BCUT2D eigenvalue weighted by molar-refractivity contribution is 5.84. The van der Waals surface area contributed by atoms with Crippen molar-refractivity contribution in [2.75, 3.05) is 53.4 Å². The molecule has 0 amide bonds. The summed E-state index contributed by atoms with van der Waals surface area (Å²) in [7, 11) is 4.14. The predicted molar refractivity (Wildman–Crippen MR) is 67.7 cm³/mol. The minimum absolute atomic E-state index is 0.152. The van der Waals surface area contributed by atoms with E-state index in [1.807, 2.05) is 12.1 Å². The van der Waals surface area contributed by atoms with E-state index in [4.69, 9.17) is 0 Å². The van der Waals surface area contributed by atoms with Crippen molar-refractivity contribution in [2.24, 2.45) is 5.92 Å². The normalized spacial score (nSPS) is 33.1. The molecule has 2 heterocycles. The van der Waals surface area contributed by atoms with Crippen molar-refractivity contribution in [2.45, 2.75) is 13.0 Å². The highest BCUT2D eigenvalue weighted by Crippen LogP contribution is 2.14. The zero-order valence-electron chi connectivity index (χ0n) is 11.1. The largest absolute Gasteiger partial charge is 0.304 e. The first kappa shape index (κ1) is 13.0. The van der Waals surface area contributed by atoms with E-state index in [0.717, 1.165) is 32.7 Å². The number of likely N-dealkylation sites (N-methyl/N-ethyl adjacent to an activating group) is 1. The third kappa shape index (κ3) is 3.25. The van der Waals surface area contributed by atoms with Gasteiger partial charge in [0.2, 0.25) is 0 Å². The van der Waals surface area contributed by atoms with Crippen molar-refractivity contribution in [3.05, 3.63) is 0 Å². The maximum Gasteiger partial charge on any atom is 0.152 e. The van der Waals surface area contributed by atoms with Gasteiger partial charge in [-0.25, -0.2) is 5.01 Å². The summed E-state index contributed by atoms with van der Waals surface area (Å²) >= 11 is 0. The van der Waals surface area contributed by atoms with Gasteiger partial charge < -0.3 is 4.90 Å². The van der Waals surface area contributed by atoms with Crippen LogP contribution in [0.15, 0.2) is 0 Å². The monoisotopic (exact) mass is 240 g/mol. The summed E-state index contributed by atoms with van der Waals surface area (Å²) in [4.78, 5) is 16.8. The quantitative estimate of drug-likeness (QED) is 0.703. The van der Waals surface area contributed by atoms with E-state index < -0.39 is 0 Å². The predicted octanol–water partition coefficient (Wildman–Crippen LogP) is -0.742. The van der Waals surface area contributed by atoms with Gasteiger partial charge in [0, 0.05) is 51.7 Å². The average Bonchev–Trinajstić information content (AvgIpc) is 2.61. The number of ketones is 1. The van der Waals surface area contributed by atoms with Crippen molar-refractivity contribution in [1.29, 1.82) is 0 Å². The molecule has 1 N–H and O–H groups in total. The Bertz CT molecular complexity index is 276. The van der Waals surface area contributed by atoms with E-state index in [0.29, 0.717) is 12.3 Å². The van der Waals surface area contributed by atoms with Gasteiger partial charge >= 0.3 is 0 Å². The highest BCUT2D eigenvalue weighted by Gasteiger charge is 2.33. The van der Waals surface area contributed by atoms with E-state index in [-0.39, 0.29) is 12.0 Å². The van der Waals surface area contributed by atoms with Gasteiger partial charge in [-0.05, 0) is 14.0 Å². The molecule has 17 heavy (non-hydrogen) atoms. The first-order valence-corrected chi connectivity index (χ1v) is 6.47. The molecular weight excluding hydrogens is 216 g/mol. The maximum atomic E-state index is 12.2. The summed E-state index contributed by atoms with van der Waals surface area (Å²) in [5, 5.41) is 2.03. The molecule has 2 fully saturated rings. The Kier molecular flexibility index (Phi) is 4.14. The molecule has 0 saturated carbocycles. The number of hydrogen-bond donors (Lipinski definition) is 1. The zero-order valence-corrected chi connectivity index (χ0v) is 11.1. The topological polar surface area (TPSA) is 38.8 Å². The van der Waals surface area contributed by atoms with Crippen LogP contribution in [0.3, 0.4) is 0 Å². The Morgan fingerprint density at radius 2 is 1.88 bits per heavy atom. The molecule has 0 spiro atoms. The summed E-state index contributed by atoms with van der Waals surface area (Å²) in [6.45, 7) is 7.75. The van der Waals surface area contributed by atoms with Crippen LogP contribution in [-0.4, -0.2) is 80.0 Å². The van der Waals surface area contributed by atoms with Crippen molar-refractivity contribution in [3.63, 3.8) is 0 Å². The molecular formula is C12H24N4O. The molecule has 0 aromatic rings. The zero-order chi connectivity index (χ0) is 12.4. The Morgan fingerprint density at radius 3 is 2.41 bits per heavy atom. The first-order valence-electron chi connectivity index (χ1n) is 6.47. The van der Waals surface area contributed by atoms with Crippen molar-refractivity contribution < 1.29 is 4.79 Å². The van der Waals surface area contributed by atoms with Gasteiger partial charge in [0.1, 0.15) is 0 Å². The van der Waals surface area contributed by atoms with E-state index in [1.165, 1.54) is 0 Å². The molecule has 2 saturated heterocycles. The third-order valence-electron chi connectivity index (χ3n) is 3.89. The average molecular weight is 240 g/mol. The number of piperazine rings is 1. The van der Waals surface area contributed by atoms with Crippen LogP contribution in [-0.2, 0) is 4.79 Å². The van der Waals surface area contributed by atoms with Crippen LogP contribution in [0.2, 0.25) is 0 Å². The van der Waals surface area contributed by atoms with Crippen molar-refractivity contribution in [1.82, 2.24) is 20.2 Å². The highest BCUT2D eigenvalue weighted by atomic mass is 16.1. The molecule has 5 heteroatoms. The molecule has 98 valence electrons. The fourth-order valence-corrected chi connectivity index (χ4v) is 2.67. The number of nitrogens with zero attached hydrogens (tertiary/aromatic N) is 3. The standard InChI is InChI=1S/C12H24N4O/c1-10-11(8-15(3)13-10)12(17)9-16-6-4-14(2)5-7-16/h10-11,13H,4-9H2,1-3H3. The summed E-state index contributed by atoms with van der Waals surface area (Å²) in [6, 6.07) is 0.278. The molecule has 0 aromatic heterocycles. The molecule has 2 rings (SSSR count). The lowest BCUT2D eigenvalue weighted by atomic mass is 9.98. The van der Waals surface area contributed by atoms with Gasteiger partial charge in [-0.1, -0.05) is 0 Å². The van der Waals surface area contributed by atoms with Crippen molar-refractivity contribution in [3.8, 4) is 0 Å². The lowest BCUT2D eigenvalue weighted by molar-refractivity contribution is -0.124. The van der Waals surface area contributed by atoms with Gasteiger partial charge in [-0.2, -0.15) is 0 Å². The lowest BCUT2D eigenvalue weighted by Crippen LogP contribution is -2.47. The number of Topliss-reactive ketones (excluding diaryl/α,β-unsaturated/α-hetero) is 1. The SMILES string of the molecule is CC1NN(C)CC1C(=O)CN1CCN(C)CC1. The number of carbonyl (C=O) groups excluding carboxylic acids is 1. The van der Waals surface area contributed by atoms with Gasteiger partial charge in [0.05, 0.1) is 6.54 Å². The van der Waals surface area contributed by atoms with Crippen LogP contribution < -0.4 is 5.43 Å². The minimum atomic E-state index is 0.152. The molecule has 0 aromatic carbocycles. The van der Waals surface area contributed by atoms with Crippen LogP contribution in [0.5, 0.6) is 0 Å². The second-order valence-corrected chi connectivity index (χ2v) is 5.45. The Hall–Kier alpha value is -0.490. The fraction of sp³-hybridized carbons (Fsp3) is 0.917. The van der Waals surface area contributed by atoms with E-state index in [9.17, 15) is 4.79 Å². The van der Waals surface area contributed by atoms with E-state index in [2.05, 4.69) is 29.2 Å². The van der Waals surface area contributed by atoms with Crippen LogP contribution in [0.1, 0.15) is 6.92 Å².